The second kappa shape index (κ2) is 6.18. The van der Waals surface area contributed by atoms with Crippen LogP contribution in [-0.2, 0) is 14.3 Å². The predicted molar refractivity (Wildman–Crippen MR) is 59.5 cm³/mol. The molecule has 0 aromatic heterocycles. The number of rotatable bonds is 7. The van der Waals surface area contributed by atoms with Crippen molar-refractivity contribution < 1.29 is 19.4 Å². The molecular formula is C11H21NO4. The molecule has 2 unspecified atom stereocenters. The number of hydrogen-bond donors (Lipinski definition) is 2. The first-order chi connectivity index (χ1) is 7.63. The lowest BCUT2D eigenvalue weighted by molar-refractivity contribution is -0.140. The third kappa shape index (κ3) is 3.43. The first kappa shape index (κ1) is 13.4. The summed E-state index contributed by atoms with van der Waals surface area (Å²) in [5, 5.41) is 12.0. The number of carboxylic acid groups (broad SMARTS) is 1. The van der Waals surface area contributed by atoms with Gasteiger partial charge in [0, 0.05) is 26.7 Å². The van der Waals surface area contributed by atoms with E-state index in [1.54, 1.807) is 7.11 Å². The fraction of sp³-hybridized carbons (Fsp3) is 0.909. The van der Waals surface area contributed by atoms with Gasteiger partial charge in [0.1, 0.15) is 11.6 Å². The standard InChI is InChI=1S/C11H21NO4/c1-3-4-9(10(13)14)12-7-11(15-2)5-6-16-8-11/h9,12H,3-8H2,1-2H3,(H,13,14). The van der Waals surface area contributed by atoms with Gasteiger partial charge in [0.2, 0.25) is 0 Å². The number of nitrogens with one attached hydrogen (secondary N) is 1. The van der Waals surface area contributed by atoms with Crippen LogP contribution in [0.25, 0.3) is 0 Å². The smallest absolute Gasteiger partial charge is 0.320 e. The van der Waals surface area contributed by atoms with Gasteiger partial charge in [-0.05, 0) is 6.42 Å². The molecule has 1 rings (SSSR count). The Bertz CT molecular complexity index is 226. The van der Waals surface area contributed by atoms with Gasteiger partial charge >= 0.3 is 5.97 Å². The molecule has 1 aliphatic heterocycles. The third-order valence-corrected chi connectivity index (χ3v) is 3.05. The first-order valence-corrected chi connectivity index (χ1v) is 5.72. The van der Waals surface area contributed by atoms with Crippen molar-refractivity contribution in [3.05, 3.63) is 0 Å². The number of aliphatic carboxylic acids is 1. The van der Waals surface area contributed by atoms with Crippen LogP contribution in [0.1, 0.15) is 26.2 Å². The maximum absolute atomic E-state index is 11.0. The van der Waals surface area contributed by atoms with Crippen LogP contribution in [0, 0.1) is 0 Å². The van der Waals surface area contributed by atoms with E-state index in [9.17, 15) is 4.79 Å². The van der Waals surface area contributed by atoms with E-state index in [0.717, 1.165) is 12.8 Å². The number of carbonyl (C=O) groups is 1. The Morgan fingerprint density at radius 1 is 1.69 bits per heavy atom. The topological polar surface area (TPSA) is 67.8 Å². The highest BCUT2D eigenvalue weighted by Crippen LogP contribution is 2.21. The maximum Gasteiger partial charge on any atom is 0.320 e. The zero-order valence-corrected chi connectivity index (χ0v) is 9.99. The van der Waals surface area contributed by atoms with Crippen LogP contribution in [0.15, 0.2) is 0 Å². The molecule has 16 heavy (non-hydrogen) atoms. The van der Waals surface area contributed by atoms with Gasteiger partial charge in [-0.1, -0.05) is 13.3 Å². The van der Waals surface area contributed by atoms with Gasteiger partial charge in [-0.3, -0.25) is 4.79 Å². The highest BCUT2D eigenvalue weighted by molar-refractivity contribution is 5.73. The number of hydrogen-bond acceptors (Lipinski definition) is 4. The molecule has 1 heterocycles. The maximum atomic E-state index is 11.0. The lowest BCUT2D eigenvalue weighted by atomic mass is 10.0. The molecule has 0 aromatic carbocycles. The molecule has 94 valence electrons. The van der Waals surface area contributed by atoms with E-state index in [2.05, 4.69) is 5.32 Å². The van der Waals surface area contributed by atoms with Crippen LogP contribution in [0.4, 0.5) is 0 Å². The van der Waals surface area contributed by atoms with Gasteiger partial charge in [0.05, 0.1) is 6.61 Å². The molecule has 0 amide bonds. The van der Waals surface area contributed by atoms with Crippen LogP contribution in [0.5, 0.6) is 0 Å². The fourth-order valence-corrected chi connectivity index (χ4v) is 1.87. The Morgan fingerprint density at radius 3 is 2.88 bits per heavy atom. The number of methoxy groups -OCH3 is 1. The van der Waals surface area contributed by atoms with Crippen molar-refractivity contribution in [3.63, 3.8) is 0 Å². The van der Waals surface area contributed by atoms with Crippen molar-refractivity contribution in [2.24, 2.45) is 0 Å². The largest absolute Gasteiger partial charge is 0.480 e. The van der Waals surface area contributed by atoms with Crippen LogP contribution in [0.2, 0.25) is 0 Å². The average Bonchev–Trinajstić information content (AvgIpc) is 2.73. The van der Waals surface area contributed by atoms with E-state index in [1.165, 1.54) is 0 Å². The van der Waals surface area contributed by atoms with Gasteiger partial charge in [0.15, 0.2) is 0 Å². The van der Waals surface area contributed by atoms with Crippen LogP contribution in [-0.4, -0.2) is 49.6 Å². The molecule has 5 heteroatoms. The summed E-state index contributed by atoms with van der Waals surface area (Å²) in [5.74, 6) is -0.799. The van der Waals surface area contributed by atoms with E-state index in [1.807, 2.05) is 6.92 Å². The molecule has 0 spiro atoms. The summed E-state index contributed by atoms with van der Waals surface area (Å²) < 4.78 is 10.7. The summed E-state index contributed by atoms with van der Waals surface area (Å²) >= 11 is 0. The van der Waals surface area contributed by atoms with Crippen molar-refractivity contribution in [2.75, 3.05) is 26.9 Å². The van der Waals surface area contributed by atoms with Crippen LogP contribution < -0.4 is 5.32 Å². The van der Waals surface area contributed by atoms with Crippen molar-refractivity contribution in [3.8, 4) is 0 Å². The minimum atomic E-state index is -0.799. The molecule has 5 nitrogen and oxygen atoms in total. The van der Waals surface area contributed by atoms with Crippen molar-refractivity contribution in [1.29, 1.82) is 0 Å². The number of ether oxygens (including phenoxy) is 2. The van der Waals surface area contributed by atoms with Gasteiger partial charge in [-0.15, -0.1) is 0 Å². The zero-order valence-electron chi connectivity index (χ0n) is 9.99. The normalized spacial score (nSPS) is 26.9. The van der Waals surface area contributed by atoms with Crippen LogP contribution in [0.3, 0.4) is 0 Å². The monoisotopic (exact) mass is 231 g/mol. The molecule has 0 bridgehead atoms. The summed E-state index contributed by atoms with van der Waals surface area (Å²) in [4.78, 5) is 11.0. The summed E-state index contributed by atoms with van der Waals surface area (Å²) in [6.07, 6.45) is 2.30. The van der Waals surface area contributed by atoms with Gasteiger partial charge in [0.25, 0.3) is 0 Å². The molecule has 0 saturated carbocycles. The summed E-state index contributed by atoms with van der Waals surface area (Å²) in [6, 6.07) is -0.488. The van der Waals surface area contributed by atoms with E-state index in [0.29, 0.717) is 26.2 Å². The molecule has 1 aliphatic rings. The van der Waals surface area contributed by atoms with Gasteiger partial charge < -0.3 is 19.9 Å². The van der Waals surface area contributed by atoms with E-state index in [4.69, 9.17) is 14.6 Å². The lowest BCUT2D eigenvalue weighted by Crippen LogP contribution is -2.48. The highest BCUT2D eigenvalue weighted by atomic mass is 16.5. The van der Waals surface area contributed by atoms with E-state index in [-0.39, 0.29) is 5.60 Å². The Kier molecular flexibility index (Phi) is 5.18. The van der Waals surface area contributed by atoms with Crippen molar-refractivity contribution >= 4 is 5.97 Å². The Morgan fingerprint density at radius 2 is 2.44 bits per heavy atom. The second-order valence-electron chi connectivity index (χ2n) is 4.25. The van der Waals surface area contributed by atoms with Gasteiger partial charge in [-0.25, -0.2) is 0 Å². The number of carboxylic acids is 1. The van der Waals surface area contributed by atoms with Crippen molar-refractivity contribution in [2.45, 2.75) is 37.8 Å². The summed E-state index contributed by atoms with van der Waals surface area (Å²) in [6.45, 7) is 3.72. The highest BCUT2D eigenvalue weighted by Gasteiger charge is 2.35. The minimum absolute atomic E-state index is 0.346. The van der Waals surface area contributed by atoms with E-state index >= 15 is 0 Å². The molecule has 0 aliphatic carbocycles. The zero-order chi connectivity index (χ0) is 12.0. The minimum Gasteiger partial charge on any atom is -0.480 e. The molecule has 2 N–H and O–H groups in total. The third-order valence-electron chi connectivity index (χ3n) is 3.05. The SMILES string of the molecule is CCCC(NCC1(OC)CCOC1)C(=O)O. The van der Waals surface area contributed by atoms with Gasteiger partial charge in [-0.2, -0.15) is 0 Å². The Hall–Kier alpha value is -0.650. The molecule has 1 fully saturated rings. The summed E-state index contributed by atoms with van der Waals surface area (Å²) in [5.41, 5.74) is -0.346. The van der Waals surface area contributed by atoms with Crippen LogP contribution >= 0.6 is 0 Å². The Labute approximate surface area is 96.1 Å². The first-order valence-electron chi connectivity index (χ1n) is 5.72. The van der Waals surface area contributed by atoms with E-state index < -0.39 is 12.0 Å². The second-order valence-corrected chi connectivity index (χ2v) is 4.25. The quantitative estimate of drug-likeness (QED) is 0.673. The molecule has 0 radical (unpaired) electrons. The molecule has 1 saturated heterocycles. The molecular weight excluding hydrogens is 210 g/mol. The summed E-state index contributed by atoms with van der Waals surface area (Å²) in [7, 11) is 1.64. The Balaban J connectivity index is 2.43. The molecule has 0 aromatic rings. The predicted octanol–water partition coefficient (Wildman–Crippen LogP) is 0.635. The fourth-order valence-electron chi connectivity index (χ4n) is 1.87. The molecule has 2 atom stereocenters. The lowest BCUT2D eigenvalue weighted by Gasteiger charge is -2.27. The average molecular weight is 231 g/mol. The van der Waals surface area contributed by atoms with Crippen molar-refractivity contribution in [1.82, 2.24) is 5.32 Å².